The Morgan fingerprint density at radius 3 is 2.71 bits per heavy atom. The first-order valence-electron chi connectivity index (χ1n) is 9.24. The van der Waals surface area contributed by atoms with Crippen LogP contribution in [0.15, 0.2) is 48.5 Å². The van der Waals surface area contributed by atoms with Gasteiger partial charge in [0.15, 0.2) is 5.82 Å². The zero-order valence-electron chi connectivity index (χ0n) is 15.6. The van der Waals surface area contributed by atoms with Gasteiger partial charge in [-0.15, -0.1) is 0 Å². The van der Waals surface area contributed by atoms with E-state index >= 15 is 0 Å². The molecule has 28 heavy (non-hydrogen) atoms. The first kappa shape index (κ1) is 18.4. The summed E-state index contributed by atoms with van der Waals surface area (Å²) in [4.78, 5) is 18.9. The maximum atomic E-state index is 12.5. The lowest BCUT2D eigenvalue weighted by atomic mass is 10.1. The molecule has 0 unspecified atom stereocenters. The summed E-state index contributed by atoms with van der Waals surface area (Å²) in [7, 11) is 1.65. The zero-order chi connectivity index (χ0) is 19.3. The normalized spacial score (nSPS) is 13.5. The van der Waals surface area contributed by atoms with Crippen LogP contribution in [0.2, 0.25) is 0 Å². The standard InChI is InChI=1S/C21H21N3O3S/c1-26-17-8-4-6-15(12-17)13-19-22-21(28-23-19)27-18-9-5-7-16(14-18)20(25)24-10-2-3-11-24/h4-9,12,14H,2-3,10-11,13H2,1H3. The zero-order valence-corrected chi connectivity index (χ0v) is 16.4. The van der Waals surface area contributed by atoms with Crippen LogP contribution in [-0.2, 0) is 6.42 Å². The number of benzene rings is 2. The highest BCUT2D eigenvalue weighted by atomic mass is 32.1. The monoisotopic (exact) mass is 395 g/mol. The molecule has 0 radical (unpaired) electrons. The molecule has 2 aromatic carbocycles. The van der Waals surface area contributed by atoms with Crippen LogP contribution in [0.5, 0.6) is 16.7 Å². The van der Waals surface area contributed by atoms with Crippen molar-refractivity contribution in [2.75, 3.05) is 20.2 Å². The number of carbonyl (C=O) groups is 1. The van der Waals surface area contributed by atoms with Gasteiger partial charge in [-0.25, -0.2) is 0 Å². The molecule has 0 bridgehead atoms. The molecule has 0 spiro atoms. The second-order valence-electron chi connectivity index (χ2n) is 6.63. The summed E-state index contributed by atoms with van der Waals surface area (Å²) >= 11 is 1.20. The third-order valence-electron chi connectivity index (χ3n) is 4.63. The third kappa shape index (κ3) is 4.31. The fraction of sp³-hybridized carbons (Fsp3) is 0.286. The summed E-state index contributed by atoms with van der Waals surface area (Å²) in [5.74, 6) is 2.15. The van der Waals surface area contributed by atoms with E-state index in [0.717, 1.165) is 37.2 Å². The molecule has 1 amide bonds. The lowest BCUT2D eigenvalue weighted by Crippen LogP contribution is -2.27. The number of methoxy groups -OCH3 is 1. The van der Waals surface area contributed by atoms with Gasteiger partial charge in [0.05, 0.1) is 7.11 Å². The Morgan fingerprint density at radius 1 is 1.11 bits per heavy atom. The molecular formula is C21H21N3O3S. The fourth-order valence-electron chi connectivity index (χ4n) is 3.21. The van der Waals surface area contributed by atoms with Gasteiger partial charge in [0.2, 0.25) is 0 Å². The smallest absolute Gasteiger partial charge is 0.298 e. The maximum Gasteiger partial charge on any atom is 0.298 e. The van der Waals surface area contributed by atoms with Gasteiger partial charge < -0.3 is 14.4 Å². The van der Waals surface area contributed by atoms with Crippen molar-refractivity contribution in [2.24, 2.45) is 0 Å². The van der Waals surface area contributed by atoms with Crippen molar-refractivity contribution < 1.29 is 14.3 Å². The highest BCUT2D eigenvalue weighted by Crippen LogP contribution is 2.26. The number of ether oxygens (including phenoxy) is 2. The van der Waals surface area contributed by atoms with E-state index in [-0.39, 0.29) is 5.91 Å². The molecule has 144 valence electrons. The molecule has 7 heteroatoms. The van der Waals surface area contributed by atoms with Crippen LogP contribution in [-0.4, -0.2) is 40.4 Å². The molecule has 0 N–H and O–H groups in total. The van der Waals surface area contributed by atoms with Crippen molar-refractivity contribution in [1.29, 1.82) is 0 Å². The minimum atomic E-state index is 0.0546. The largest absolute Gasteiger partial charge is 0.497 e. The number of hydrogen-bond donors (Lipinski definition) is 0. The second kappa shape index (κ2) is 8.39. The van der Waals surface area contributed by atoms with Gasteiger partial charge in [0.1, 0.15) is 11.5 Å². The van der Waals surface area contributed by atoms with Crippen molar-refractivity contribution in [3.05, 3.63) is 65.5 Å². The van der Waals surface area contributed by atoms with E-state index in [0.29, 0.717) is 28.8 Å². The summed E-state index contributed by atoms with van der Waals surface area (Å²) in [6.07, 6.45) is 2.75. The summed E-state index contributed by atoms with van der Waals surface area (Å²) in [6, 6.07) is 15.1. The lowest BCUT2D eigenvalue weighted by molar-refractivity contribution is 0.0792. The Balaban J connectivity index is 1.43. The van der Waals surface area contributed by atoms with E-state index < -0.39 is 0 Å². The van der Waals surface area contributed by atoms with Gasteiger partial charge >= 0.3 is 0 Å². The highest BCUT2D eigenvalue weighted by molar-refractivity contribution is 7.07. The molecule has 3 aromatic rings. The number of carbonyl (C=O) groups excluding carboxylic acids is 1. The van der Waals surface area contributed by atoms with E-state index in [1.807, 2.05) is 47.4 Å². The minimum absolute atomic E-state index is 0.0546. The molecular weight excluding hydrogens is 374 g/mol. The molecule has 0 saturated carbocycles. The Hall–Kier alpha value is -2.93. The molecule has 4 rings (SSSR count). The summed E-state index contributed by atoms with van der Waals surface area (Å²) in [6.45, 7) is 1.65. The van der Waals surface area contributed by atoms with Gasteiger partial charge in [-0.2, -0.15) is 9.36 Å². The van der Waals surface area contributed by atoms with Gasteiger partial charge in [0, 0.05) is 36.6 Å². The van der Waals surface area contributed by atoms with Crippen LogP contribution in [0.3, 0.4) is 0 Å². The Kier molecular flexibility index (Phi) is 5.53. The fourth-order valence-corrected chi connectivity index (χ4v) is 3.78. The van der Waals surface area contributed by atoms with Crippen molar-refractivity contribution in [1.82, 2.24) is 14.3 Å². The highest BCUT2D eigenvalue weighted by Gasteiger charge is 2.20. The van der Waals surface area contributed by atoms with Crippen molar-refractivity contribution >= 4 is 17.4 Å². The van der Waals surface area contributed by atoms with E-state index in [9.17, 15) is 4.79 Å². The predicted molar refractivity (Wildman–Crippen MR) is 107 cm³/mol. The Morgan fingerprint density at radius 2 is 1.89 bits per heavy atom. The quantitative estimate of drug-likeness (QED) is 0.627. The summed E-state index contributed by atoms with van der Waals surface area (Å²) < 4.78 is 15.5. The maximum absolute atomic E-state index is 12.5. The van der Waals surface area contributed by atoms with Crippen LogP contribution in [0, 0.1) is 0 Å². The van der Waals surface area contributed by atoms with E-state index in [4.69, 9.17) is 9.47 Å². The lowest BCUT2D eigenvalue weighted by Gasteiger charge is -2.15. The van der Waals surface area contributed by atoms with E-state index in [1.54, 1.807) is 13.2 Å². The molecule has 0 aliphatic carbocycles. The van der Waals surface area contributed by atoms with Crippen molar-refractivity contribution in [3.8, 4) is 16.7 Å². The molecule has 1 aliphatic rings. The van der Waals surface area contributed by atoms with E-state index in [2.05, 4.69) is 9.36 Å². The van der Waals surface area contributed by atoms with Crippen LogP contribution < -0.4 is 9.47 Å². The molecule has 1 aromatic heterocycles. The van der Waals surface area contributed by atoms with Gasteiger partial charge in [-0.3, -0.25) is 4.79 Å². The van der Waals surface area contributed by atoms with Crippen molar-refractivity contribution in [3.63, 3.8) is 0 Å². The average Bonchev–Trinajstić information content (AvgIpc) is 3.40. The Labute approximate surface area is 167 Å². The van der Waals surface area contributed by atoms with Gasteiger partial charge in [0.25, 0.3) is 11.1 Å². The number of nitrogens with zero attached hydrogens (tertiary/aromatic N) is 3. The first-order chi connectivity index (χ1) is 13.7. The number of aromatic nitrogens is 2. The molecule has 0 atom stereocenters. The minimum Gasteiger partial charge on any atom is -0.497 e. The average molecular weight is 395 g/mol. The topological polar surface area (TPSA) is 64.6 Å². The number of likely N-dealkylation sites (tertiary alicyclic amines) is 1. The Bertz CT molecular complexity index is 967. The number of rotatable bonds is 6. The van der Waals surface area contributed by atoms with Crippen LogP contribution in [0.25, 0.3) is 0 Å². The number of amides is 1. The van der Waals surface area contributed by atoms with Gasteiger partial charge in [-0.05, 0) is 48.7 Å². The molecule has 6 nitrogen and oxygen atoms in total. The summed E-state index contributed by atoms with van der Waals surface area (Å²) in [5, 5.41) is 0.462. The van der Waals surface area contributed by atoms with Gasteiger partial charge in [-0.1, -0.05) is 18.2 Å². The molecule has 1 fully saturated rings. The first-order valence-corrected chi connectivity index (χ1v) is 10.0. The van der Waals surface area contributed by atoms with Crippen molar-refractivity contribution in [2.45, 2.75) is 19.3 Å². The molecule has 2 heterocycles. The number of hydrogen-bond acceptors (Lipinski definition) is 6. The van der Waals surface area contributed by atoms with Crippen LogP contribution >= 0.6 is 11.5 Å². The predicted octanol–water partition coefficient (Wildman–Crippen LogP) is 4.17. The summed E-state index contributed by atoms with van der Waals surface area (Å²) in [5.41, 5.74) is 1.71. The van der Waals surface area contributed by atoms with Crippen LogP contribution in [0.4, 0.5) is 0 Å². The van der Waals surface area contributed by atoms with E-state index in [1.165, 1.54) is 11.5 Å². The van der Waals surface area contributed by atoms with Crippen LogP contribution in [0.1, 0.15) is 34.6 Å². The SMILES string of the molecule is COc1cccc(Cc2nsc(Oc3cccc(C(=O)N4CCCC4)c3)n2)c1. The third-order valence-corrected chi connectivity index (χ3v) is 5.26. The second-order valence-corrected chi connectivity index (χ2v) is 7.35. The molecule has 1 saturated heterocycles. The molecule has 1 aliphatic heterocycles.